The Kier molecular flexibility index (Phi) is 9.31. The second-order valence-electron chi connectivity index (χ2n) is 6.09. The number of unbranched alkanes of at least 4 members (excludes halogenated alkanes) is 2. The van der Waals surface area contributed by atoms with E-state index in [1.165, 1.54) is 12.8 Å². The van der Waals surface area contributed by atoms with Gasteiger partial charge in [0.25, 0.3) is 0 Å². The fourth-order valence-electron chi connectivity index (χ4n) is 2.34. The Bertz CT molecular complexity index is 351. The molecule has 0 saturated heterocycles. The molecule has 1 rings (SSSR count). The number of aliphatic hydroxyl groups is 2. The third-order valence-electron chi connectivity index (χ3n) is 3.65. The van der Waals surface area contributed by atoms with Crippen LogP contribution in [0.25, 0.3) is 0 Å². The highest BCUT2D eigenvalue weighted by molar-refractivity contribution is 5.15. The van der Waals surface area contributed by atoms with Crippen LogP contribution in [0.4, 0.5) is 0 Å². The number of hydrogen-bond acceptors (Lipinski definition) is 3. The molecule has 0 bridgehead atoms. The molecule has 1 aromatic rings. The molecule has 0 aromatic heterocycles. The van der Waals surface area contributed by atoms with Crippen molar-refractivity contribution in [3.8, 4) is 0 Å². The first-order valence-corrected chi connectivity index (χ1v) is 8.08. The predicted molar refractivity (Wildman–Crippen MR) is 86.3 cm³/mol. The molecule has 0 radical (unpaired) electrons. The van der Waals surface area contributed by atoms with E-state index in [1.54, 1.807) is 0 Å². The molecule has 0 saturated carbocycles. The molecule has 0 aliphatic carbocycles. The Morgan fingerprint density at radius 3 is 2.38 bits per heavy atom. The molecule has 21 heavy (non-hydrogen) atoms. The predicted octanol–water partition coefficient (Wildman–Crippen LogP) is 3.18. The Balaban J connectivity index is 2.30. The van der Waals surface area contributed by atoms with Crippen molar-refractivity contribution in [3.05, 3.63) is 35.9 Å². The topological polar surface area (TPSA) is 49.7 Å². The van der Waals surface area contributed by atoms with Gasteiger partial charge in [0.15, 0.2) is 0 Å². The van der Waals surface area contributed by atoms with E-state index in [1.807, 2.05) is 30.3 Å². The van der Waals surface area contributed by atoms with Crippen LogP contribution in [0, 0.1) is 5.92 Å². The van der Waals surface area contributed by atoms with Gasteiger partial charge in [0.05, 0.1) is 12.7 Å². The highest BCUT2D eigenvalue weighted by Crippen LogP contribution is 2.12. The zero-order valence-corrected chi connectivity index (χ0v) is 13.4. The van der Waals surface area contributed by atoms with Gasteiger partial charge in [-0.2, -0.15) is 0 Å². The van der Waals surface area contributed by atoms with Crippen molar-refractivity contribution in [2.24, 2.45) is 5.92 Å². The van der Waals surface area contributed by atoms with E-state index < -0.39 is 6.10 Å². The minimum absolute atomic E-state index is 0.259. The fourth-order valence-corrected chi connectivity index (χ4v) is 2.34. The summed E-state index contributed by atoms with van der Waals surface area (Å²) < 4.78 is 5.80. The van der Waals surface area contributed by atoms with Gasteiger partial charge in [-0.1, -0.05) is 63.4 Å². The quantitative estimate of drug-likeness (QED) is 0.616. The number of hydrogen-bond donors (Lipinski definition) is 2. The summed E-state index contributed by atoms with van der Waals surface area (Å²) in [6, 6.07) is 9.95. The molecular weight excluding hydrogens is 264 g/mol. The first-order chi connectivity index (χ1) is 10.1. The largest absolute Gasteiger partial charge is 0.394 e. The summed E-state index contributed by atoms with van der Waals surface area (Å²) in [5, 5.41) is 19.0. The number of benzene rings is 1. The number of aliphatic hydroxyl groups excluding tert-OH is 2. The lowest BCUT2D eigenvalue weighted by Gasteiger charge is -2.22. The molecule has 1 aromatic carbocycles. The van der Waals surface area contributed by atoms with Crippen molar-refractivity contribution in [2.45, 2.75) is 58.2 Å². The summed E-state index contributed by atoms with van der Waals surface area (Å²) >= 11 is 0. The van der Waals surface area contributed by atoms with Crippen molar-refractivity contribution < 1.29 is 14.9 Å². The van der Waals surface area contributed by atoms with Crippen LogP contribution in [0.2, 0.25) is 0 Å². The van der Waals surface area contributed by atoms with Gasteiger partial charge in [0.1, 0.15) is 6.10 Å². The monoisotopic (exact) mass is 294 g/mol. The Morgan fingerprint density at radius 1 is 1.05 bits per heavy atom. The number of ether oxygens (including phenoxy) is 1. The average Bonchev–Trinajstić information content (AvgIpc) is 2.49. The van der Waals surface area contributed by atoms with Crippen molar-refractivity contribution in [2.75, 3.05) is 13.2 Å². The Labute approximate surface area is 129 Å². The van der Waals surface area contributed by atoms with E-state index in [0.29, 0.717) is 13.0 Å². The standard InChI is InChI=1S/C18H30O3/c1-15(2)9-5-4-8-12-21-18(17(20)14-19)13-16-10-6-3-7-11-16/h3,6-7,10-11,15,17-20H,4-5,8-9,12-14H2,1-2H3. The minimum Gasteiger partial charge on any atom is -0.394 e. The molecule has 0 aliphatic heterocycles. The van der Waals surface area contributed by atoms with Gasteiger partial charge < -0.3 is 14.9 Å². The maximum Gasteiger partial charge on any atom is 0.103 e. The zero-order valence-electron chi connectivity index (χ0n) is 13.4. The summed E-state index contributed by atoms with van der Waals surface area (Å²) in [6.45, 7) is 4.87. The van der Waals surface area contributed by atoms with Crippen LogP contribution in [-0.4, -0.2) is 35.6 Å². The molecule has 2 N–H and O–H groups in total. The third kappa shape index (κ3) is 8.20. The van der Waals surface area contributed by atoms with Crippen LogP contribution in [0.1, 0.15) is 45.1 Å². The van der Waals surface area contributed by atoms with E-state index in [2.05, 4.69) is 13.8 Å². The summed E-state index contributed by atoms with van der Waals surface area (Å²) in [5.74, 6) is 0.757. The van der Waals surface area contributed by atoms with Gasteiger partial charge in [-0.15, -0.1) is 0 Å². The maximum absolute atomic E-state index is 9.88. The highest BCUT2D eigenvalue weighted by atomic mass is 16.5. The lowest BCUT2D eigenvalue weighted by Crippen LogP contribution is -2.34. The van der Waals surface area contributed by atoms with Gasteiger partial charge >= 0.3 is 0 Å². The Hall–Kier alpha value is -0.900. The molecule has 2 unspecified atom stereocenters. The zero-order chi connectivity index (χ0) is 15.5. The SMILES string of the molecule is CC(C)CCCCCOC(Cc1ccccc1)C(O)CO. The van der Waals surface area contributed by atoms with Crippen molar-refractivity contribution in [3.63, 3.8) is 0 Å². The van der Waals surface area contributed by atoms with Crippen molar-refractivity contribution in [1.82, 2.24) is 0 Å². The second-order valence-corrected chi connectivity index (χ2v) is 6.09. The van der Waals surface area contributed by atoms with Crippen LogP contribution in [0.5, 0.6) is 0 Å². The lowest BCUT2D eigenvalue weighted by atomic mass is 10.0. The van der Waals surface area contributed by atoms with E-state index in [9.17, 15) is 5.11 Å². The molecule has 3 nitrogen and oxygen atoms in total. The molecule has 0 fully saturated rings. The smallest absolute Gasteiger partial charge is 0.103 e. The lowest BCUT2D eigenvalue weighted by molar-refractivity contribution is -0.0580. The van der Waals surface area contributed by atoms with E-state index >= 15 is 0 Å². The third-order valence-corrected chi connectivity index (χ3v) is 3.65. The Morgan fingerprint density at radius 2 is 1.76 bits per heavy atom. The number of rotatable bonds is 11. The van der Waals surface area contributed by atoms with E-state index in [4.69, 9.17) is 9.84 Å². The van der Waals surface area contributed by atoms with Crippen LogP contribution in [0.3, 0.4) is 0 Å². The maximum atomic E-state index is 9.88. The molecular formula is C18H30O3. The summed E-state index contributed by atoms with van der Waals surface area (Å²) in [4.78, 5) is 0. The fraction of sp³-hybridized carbons (Fsp3) is 0.667. The summed E-state index contributed by atoms with van der Waals surface area (Å²) in [5.41, 5.74) is 1.12. The molecule has 0 amide bonds. The van der Waals surface area contributed by atoms with Crippen LogP contribution < -0.4 is 0 Å². The van der Waals surface area contributed by atoms with Gasteiger partial charge in [-0.05, 0) is 17.9 Å². The van der Waals surface area contributed by atoms with Crippen LogP contribution in [0.15, 0.2) is 30.3 Å². The first kappa shape index (κ1) is 18.1. The molecule has 0 heterocycles. The van der Waals surface area contributed by atoms with Gasteiger partial charge in [0, 0.05) is 13.0 Å². The molecule has 120 valence electrons. The van der Waals surface area contributed by atoms with Gasteiger partial charge in [-0.3, -0.25) is 0 Å². The molecule has 2 atom stereocenters. The summed E-state index contributed by atoms with van der Waals surface area (Å²) in [6.07, 6.45) is 4.14. The minimum atomic E-state index is -0.819. The van der Waals surface area contributed by atoms with E-state index in [0.717, 1.165) is 24.3 Å². The second kappa shape index (κ2) is 10.8. The molecule has 0 aliphatic rings. The molecule has 0 spiro atoms. The van der Waals surface area contributed by atoms with Crippen LogP contribution >= 0.6 is 0 Å². The van der Waals surface area contributed by atoms with Crippen LogP contribution in [-0.2, 0) is 11.2 Å². The summed E-state index contributed by atoms with van der Waals surface area (Å²) in [7, 11) is 0. The van der Waals surface area contributed by atoms with Crippen molar-refractivity contribution in [1.29, 1.82) is 0 Å². The normalized spacial score (nSPS) is 14.3. The molecule has 3 heteroatoms. The van der Waals surface area contributed by atoms with E-state index in [-0.39, 0.29) is 12.7 Å². The average molecular weight is 294 g/mol. The van der Waals surface area contributed by atoms with Gasteiger partial charge in [-0.25, -0.2) is 0 Å². The van der Waals surface area contributed by atoms with Gasteiger partial charge in [0.2, 0.25) is 0 Å². The first-order valence-electron chi connectivity index (χ1n) is 8.08. The van der Waals surface area contributed by atoms with Crippen molar-refractivity contribution >= 4 is 0 Å². The highest BCUT2D eigenvalue weighted by Gasteiger charge is 2.19.